The Balaban J connectivity index is 1.65. The first kappa shape index (κ1) is 17.3. The summed E-state index contributed by atoms with van der Waals surface area (Å²) in [5.41, 5.74) is 4.64. The highest BCUT2D eigenvalue weighted by atomic mass is 32.1. The van der Waals surface area contributed by atoms with Crippen molar-refractivity contribution in [3.63, 3.8) is 0 Å². The zero-order chi connectivity index (χ0) is 18.6. The van der Waals surface area contributed by atoms with Crippen molar-refractivity contribution in [3.8, 4) is 21.8 Å². The molecule has 2 heterocycles. The molecule has 27 heavy (non-hydrogen) atoms. The summed E-state index contributed by atoms with van der Waals surface area (Å²) in [7, 11) is 0. The summed E-state index contributed by atoms with van der Waals surface area (Å²) in [6.07, 6.45) is 1.70. The lowest BCUT2D eigenvalue weighted by atomic mass is 10.1. The van der Waals surface area contributed by atoms with Gasteiger partial charge in [0, 0.05) is 11.8 Å². The van der Waals surface area contributed by atoms with Crippen LogP contribution in [-0.4, -0.2) is 15.0 Å². The third-order valence-corrected chi connectivity index (χ3v) is 5.08. The number of rotatable bonds is 5. The normalized spacial score (nSPS) is 11.9. The van der Waals surface area contributed by atoms with Gasteiger partial charge in [-0.1, -0.05) is 42.5 Å². The monoisotopic (exact) mass is 376 g/mol. The maximum atomic E-state index is 14.2. The van der Waals surface area contributed by atoms with E-state index in [0.717, 1.165) is 10.4 Å². The summed E-state index contributed by atoms with van der Waals surface area (Å²) in [6, 6.07) is 18.6. The second kappa shape index (κ2) is 7.63. The molecular formula is C21H17FN4S. The Hall–Kier alpha value is -3.12. The number of thiazole rings is 1. The van der Waals surface area contributed by atoms with Crippen LogP contribution in [0.1, 0.15) is 18.5 Å². The van der Waals surface area contributed by atoms with Gasteiger partial charge in [-0.3, -0.25) is 0 Å². The Morgan fingerprint density at radius 1 is 0.963 bits per heavy atom. The fourth-order valence-corrected chi connectivity index (χ4v) is 3.62. The molecule has 0 radical (unpaired) electrons. The van der Waals surface area contributed by atoms with Gasteiger partial charge in [-0.25, -0.2) is 19.3 Å². The highest BCUT2D eigenvalue weighted by Gasteiger charge is 2.16. The number of nitrogens with zero attached hydrogens (tertiary/aromatic N) is 3. The predicted octanol–water partition coefficient (Wildman–Crippen LogP) is 5.58. The summed E-state index contributed by atoms with van der Waals surface area (Å²) in [4.78, 5) is 14.1. The molecule has 4 nitrogen and oxygen atoms in total. The van der Waals surface area contributed by atoms with Crippen molar-refractivity contribution in [3.05, 3.63) is 83.8 Å². The standard InChI is InChI=1S/C21H17FN4S/c1-14(15-7-3-2-4-8-15)25-21-23-12-11-18(26-21)20-19(24-13-27-20)16-9-5-6-10-17(16)22/h2-14H,1H3,(H,23,25,26). The highest BCUT2D eigenvalue weighted by Crippen LogP contribution is 2.35. The fourth-order valence-electron chi connectivity index (χ4n) is 2.85. The van der Waals surface area contributed by atoms with E-state index in [1.165, 1.54) is 17.4 Å². The molecular weight excluding hydrogens is 359 g/mol. The minimum absolute atomic E-state index is 0.0638. The van der Waals surface area contributed by atoms with Crippen LogP contribution in [0.5, 0.6) is 0 Å². The molecule has 0 bridgehead atoms. The lowest BCUT2D eigenvalue weighted by molar-refractivity contribution is 0.631. The number of aromatic nitrogens is 3. The van der Waals surface area contributed by atoms with Gasteiger partial charge in [-0.2, -0.15) is 0 Å². The second-order valence-electron chi connectivity index (χ2n) is 6.05. The fraction of sp³-hybridized carbons (Fsp3) is 0.0952. The highest BCUT2D eigenvalue weighted by molar-refractivity contribution is 7.13. The van der Waals surface area contributed by atoms with Gasteiger partial charge in [0.25, 0.3) is 0 Å². The minimum Gasteiger partial charge on any atom is -0.348 e. The second-order valence-corrected chi connectivity index (χ2v) is 6.91. The first-order chi connectivity index (χ1) is 13.2. The van der Waals surface area contributed by atoms with Crippen molar-refractivity contribution in [1.82, 2.24) is 15.0 Å². The van der Waals surface area contributed by atoms with Gasteiger partial charge < -0.3 is 5.32 Å². The van der Waals surface area contributed by atoms with E-state index in [9.17, 15) is 4.39 Å². The average Bonchev–Trinajstić information content (AvgIpc) is 3.19. The zero-order valence-corrected chi connectivity index (χ0v) is 15.4. The lowest BCUT2D eigenvalue weighted by Gasteiger charge is -2.14. The third-order valence-electron chi connectivity index (χ3n) is 4.23. The maximum Gasteiger partial charge on any atom is 0.223 e. The first-order valence-electron chi connectivity index (χ1n) is 8.55. The van der Waals surface area contributed by atoms with Crippen LogP contribution in [0.2, 0.25) is 0 Å². The maximum absolute atomic E-state index is 14.2. The number of hydrogen-bond donors (Lipinski definition) is 1. The number of benzene rings is 2. The number of anilines is 1. The molecule has 1 atom stereocenters. The molecule has 0 amide bonds. The third kappa shape index (κ3) is 3.71. The molecule has 134 valence electrons. The van der Waals surface area contributed by atoms with Gasteiger partial charge in [-0.15, -0.1) is 11.3 Å². The predicted molar refractivity (Wildman–Crippen MR) is 107 cm³/mol. The Labute approximate surface area is 160 Å². The molecule has 0 saturated carbocycles. The first-order valence-corrected chi connectivity index (χ1v) is 9.43. The molecule has 0 saturated heterocycles. The van der Waals surface area contributed by atoms with Crippen LogP contribution in [0.15, 0.2) is 72.4 Å². The summed E-state index contributed by atoms with van der Waals surface area (Å²) in [6.45, 7) is 2.06. The van der Waals surface area contributed by atoms with E-state index < -0.39 is 0 Å². The van der Waals surface area contributed by atoms with Crippen molar-refractivity contribution in [2.24, 2.45) is 0 Å². The molecule has 1 N–H and O–H groups in total. The van der Waals surface area contributed by atoms with E-state index >= 15 is 0 Å². The summed E-state index contributed by atoms with van der Waals surface area (Å²) in [5, 5.41) is 3.32. The number of halogens is 1. The van der Waals surface area contributed by atoms with E-state index in [-0.39, 0.29) is 11.9 Å². The van der Waals surface area contributed by atoms with E-state index in [0.29, 0.717) is 22.9 Å². The molecule has 4 rings (SSSR count). The summed E-state index contributed by atoms with van der Waals surface area (Å²) in [5.74, 6) is 0.228. The Kier molecular flexibility index (Phi) is 4.89. The van der Waals surface area contributed by atoms with Gasteiger partial charge in [-0.05, 0) is 30.7 Å². The largest absolute Gasteiger partial charge is 0.348 e. The van der Waals surface area contributed by atoms with Crippen LogP contribution in [0.25, 0.3) is 21.8 Å². The van der Waals surface area contributed by atoms with Crippen LogP contribution in [0, 0.1) is 5.82 Å². The Morgan fingerprint density at radius 3 is 2.56 bits per heavy atom. The summed E-state index contributed by atoms with van der Waals surface area (Å²) >= 11 is 1.43. The van der Waals surface area contributed by atoms with Crippen LogP contribution < -0.4 is 5.32 Å². The van der Waals surface area contributed by atoms with Crippen molar-refractivity contribution in [1.29, 1.82) is 0 Å². The lowest BCUT2D eigenvalue weighted by Crippen LogP contribution is -2.09. The van der Waals surface area contributed by atoms with Gasteiger partial charge in [0.1, 0.15) is 5.82 Å². The van der Waals surface area contributed by atoms with E-state index in [1.54, 1.807) is 29.9 Å². The van der Waals surface area contributed by atoms with Crippen molar-refractivity contribution < 1.29 is 4.39 Å². The molecule has 2 aromatic heterocycles. The molecule has 0 fully saturated rings. The quantitative estimate of drug-likeness (QED) is 0.494. The topological polar surface area (TPSA) is 50.7 Å². The average molecular weight is 376 g/mol. The van der Waals surface area contributed by atoms with Gasteiger partial charge in [0.05, 0.1) is 27.8 Å². The molecule has 0 aliphatic rings. The molecule has 2 aromatic carbocycles. The van der Waals surface area contributed by atoms with Crippen LogP contribution >= 0.6 is 11.3 Å². The minimum atomic E-state index is -0.297. The molecule has 6 heteroatoms. The molecule has 0 aliphatic carbocycles. The Bertz CT molecular complexity index is 1050. The van der Waals surface area contributed by atoms with Crippen molar-refractivity contribution in [2.45, 2.75) is 13.0 Å². The van der Waals surface area contributed by atoms with E-state index in [2.05, 4.69) is 39.3 Å². The zero-order valence-electron chi connectivity index (χ0n) is 14.6. The molecule has 4 aromatic rings. The molecule has 0 aliphatic heterocycles. The van der Waals surface area contributed by atoms with Crippen molar-refractivity contribution >= 4 is 17.3 Å². The molecule has 0 spiro atoms. The SMILES string of the molecule is CC(Nc1nccc(-c2scnc2-c2ccccc2F)n1)c1ccccc1. The Morgan fingerprint density at radius 2 is 1.74 bits per heavy atom. The number of nitrogens with one attached hydrogen (secondary N) is 1. The summed E-state index contributed by atoms with van der Waals surface area (Å²) < 4.78 is 14.2. The van der Waals surface area contributed by atoms with Crippen molar-refractivity contribution in [2.75, 3.05) is 5.32 Å². The van der Waals surface area contributed by atoms with Crippen LogP contribution in [-0.2, 0) is 0 Å². The van der Waals surface area contributed by atoms with Gasteiger partial charge in [0.15, 0.2) is 0 Å². The van der Waals surface area contributed by atoms with Crippen LogP contribution in [0.3, 0.4) is 0 Å². The smallest absolute Gasteiger partial charge is 0.223 e. The van der Waals surface area contributed by atoms with Gasteiger partial charge in [0.2, 0.25) is 5.95 Å². The van der Waals surface area contributed by atoms with Crippen LogP contribution in [0.4, 0.5) is 10.3 Å². The number of hydrogen-bond acceptors (Lipinski definition) is 5. The van der Waals surface area contributed by atoms with Gasteiger partial charge >= 0.3 is 0 Å². The van der Waals surface area contributed by atoms with E-state index in [4.69, 9.17) is 0 Å². The van der Waals surface area contributed by atoms with E-state index in [1.807, 2.05) is 24.3 Å². The molecule has 1 unspecified atom stereocenters.